The topological polar surface area (TPSA) is 49.8 Å². The number of nitrogens with zero attached hydrogens (tertiary/aromatic N) is 2. The molecule has 0 aliphatic carbocycles. The monoisotopic (exact) mass is 270 g/mol. The van der Waals surface area contributed by atoms with Crippen LogP contribution < -0.4 is 10.6 Å². The smallest absolute Gasteiger partial charge is 0.0570 e. The molecule has 2 aromatic rings. The van der Waals surface area contributed by atoms with Gasteiger partial charge in [0, 0.05) is 37.6 Å². The molecule has 106 valence electrons. The van der Waals surface area contributed by atoms with Crippen LogP contribution >= 0.6 is 0 Å². The molecule has 2 heterocycles. The lowest BCUT2D eigenvalue weighted by atomic mass is 10.2. The molecule has 0 aliphatic heterocycles. The largest absolute Gasteiger partial charge is 0.308 e. The molecule has 2 N–H and O–H groups in total. The summed E-state index contributed by atoms with van der Waals surface area (Å²) >= 11 is 0. The summed E-state index contributed by atoms with van der Waals surface area (Å²) in [5, 5.41) is 6.92. The normalized spacial score (nSPS) is 13.9. The van der Waals surface area contributed by atoms with E-state index in [2.05, 4.69) is 34.4 Å². The number of nitrogens with one attached hydrogen (secondary N) is 2. The Labute approximate surface area is 120 Å². The highest BCUT2D eigenvalue weighted by Crippen LogP contribution is 2.08. The van der Waals surface area contributed by atoms with Gasteiger partial charge in [-0.1, -0.05) is 12.1 Å². The number of hydrogen-bond acceptors (Lipinski definition) is 4. The Hall–Kier alpha value is -1.78. The van der Waals surface area contributed by atoms with Gasteiger partial charge in [-0.05, 0) is 38.1 Å². The Morgan fingerprint density at radius 2 is 1.25 bits per heavy atom. The molecule has 0 unspecified atom stereocenters. The van der Waals surface area contributed by atoms with Crippen molar-refractivity contribution in [1.29, 1.82) is 0 Å². The molecule has 2 aromatic heterocycles. The molecule has 0 bridgehead atoms. The van der Waals surface area contributed by atoms with E-state index in [0.717, 1.165) is 24.5 Å². The van der Waals surface area contributed by atoms with Gasteiger partial charge in [-0.3, -0.25) is 9.97 Å². The van der Waals surface area contributed by atoms with Crippen LogP contribution in [0.2, 0.25) is 0 Å². The number of rotatable bonds is 7. The van der Waals surface area contributed by atoms with Crippen molar-refractivity contribution in [2.45, 2.75) is 25.9 Å². The second kappa shape index (κ2) is 7.72. The van der Waals surface area contributed by atoms with Crippen molar-refractivity contribution in [3.8, 4) is 0 Å². The minimum atomic E-state index is 0.267. The maximum absolute atomic E-state index is 4.35. The summed E-state index contributed by atoms with van der Waals surface area (Å²) in [6.45, 7) is 6.05. The fourth-order valence-electron chi connectivity index (χ4n) is 2.05. The van der Waals surface area contributed by atoms with E-state index in [4.69, 9.17) is 0 Å². The summed E-state index contributed by atoms with van der Waals surface area (Å²) in [6, 6.07) is 12.5. The molecule has 20 heavy (non-hydrogen) atoms. The molecule has 0 saturated heterocycles. The van der Waals surface area contributed by atoms with E-state index in [9.17, 15) is 0 Å². The van der Waals surface area contributed by atoms with Crippen LogP contribution in [0.5, 0.6) is 0 Å². The number of aromatic nitrogens is 2. The highest BCUT2D eigenvalue weighted by atomic mass is 15.0. The number of pyridine rings is 2. The molecule has 0 aromatic carbocycles. The molecule has 2 atom stereocenters. The second-order valence-electron chi connectivity index (χ2n) is 4.86. The zero-order valence-electron chi connectivity index (χ0n) is 12.1. The van der Waals surface area contributed by atoms with Gasteiger partial charge in [0.15, 0.2) is 0 Å². The van der Waals surface area contributed by atoms with Gasteiger partial charge in [-0.15, -0.1) is 0 Å². The highest BCUT2D eigenvalue weighted by Gasteiger charge is 2.07. The van der Waals surface area contributed by atoms with Gasteiger partial charge < -0.3 is 10.6 Å². The Morgan fingerprint density at radius 3 is 1.60 bits per heavy atom. The first-order chi connectivity index (χ1) is 9.77. The van der Waals surface area contributed by atoms with Crippen molar-refractivity contribution in [2.75, 3.05) is 13.1 Å². The molecule has 0 saturated carbocycles. The van der Waals surface area contributed by atoms with E-state index >= 15 is 0 Å². The molecule has 0 amide bonds. The van der Waals surface area contributed by atoms with Gasteiger partial charge >= 0.3 is 0 Å². The van der Waals surface area contributed by atoms with Gasteiger partial charge in [-0.2, -0.15) is 0 Å². The predicted molar refractivity (Wildman–Crippen MR) is 81.3 cm³/mol. The summed E-state index contributed by atoms with van der Waals surface area (Å²) < 4.78 is 0. The second-order valence-corrected chi connectivity index (χ2v) is 4.86. The Morgan fingerprint density at radius 1 is 0.800 bits per heavy atom. The van der Waals surface area contributed by atoms with Gasteiger partial charge in [-0.25, -0.2) is 0 Å². The van der Waals surface area contributed by atoms with E-state index in [1.54, 1.807) is 0 Å². The van der Waals surface area contributed by atoms with Crippen molar-refractivity contribution in [3.63, 3.8) is 0 Å². The SMILES string of the molecule is C[C@H](NCCN[C@H](C)c1ccccn1)c1ccccn1. The fourth-order valence-corrected chi connectivity index (χ4v) is 2.05. The van der Waals surface area contributed by atoms with Gasteiger partial charge in [0.1, 0.15) is 0 Å². The van der Waals surface area contributed by atoms with Crippen LogP contribution in [-0.2, 0) is 0 Å². The summed E-state index contributed by atoms with van der Waals surface area (Å²) in [5.74, 6) is 0. The summed E-state index contributed by atoms with van der Waals surface area (Å²) in [7, 11) is 0. The highest BCUT2D eigenvalue weighted by molar-refractivity contribution is 5.08. The lowest BCUT2D eigenvalue weighted by Crippen LogP contribution is -2.31. The van der Waals surface area contributed by atoms with Gasteiger partial charge in [0.05, 0.1) is 11.4 Å². The maximum atomic E-state index is 4.35. The van der Waals surface area contributed by atoms with Crippen LogP contribution in [0, 0.1) is 0 Å². The molecule has 0 fully saturated rings. The first-order valence-corrected chi connectivity index (χ1v) is 7.06. The lowest BCUT2D eigenvalue weighted by Gasteiger charge is -2.16. The van der Waals surface area contributed by atoms with E-state index in [1.807, 2.05) is 48.8 Å². The van der Waals surface area contributed by atoms with Crippen molar-refractivity contribution in [3.05, 3.63) is 60.2 Å². The van der Waals surface area contributed by atoms with Crippen LogP contribution in [0.1, 0.15) is 37.3 Å². The van der Waals surface area contributed by atoms with Crippen LogP contribution in [-0.4, -0.2) is 23.1 Å². The molecule has 4 heteroatoms. The van der Waals surface area contributed by atoms with Crippen LogP contribution in [0.4, 0.5) is 0 Å². The van der Waals surface area contributed by atoms with Crippen LogP contribution in [0.25, 0.3) is 0 Å². The van der Waals surface area contributed by atoms with E-state index in [-0.39, 0.29) is 12.1 Å². The predicted octanol–water partition coefficient (Wildman–Crippen LogP) is 2.48. The van der Waals surface area contributed by atoms with Crippen LogP contribution in [0.3, 0.4) is 0 Å². The average molecular weight is 270 g/mol. The lowest BCUT2D eigenvalue weighted by molar-refractivity contribution is 0.501. The van der Waals surface area contributed by atoms with Crippen molar-refractivity contribution in [1.82, 2.24) is 20.6 Å². The summed E-state index contributed by atoms with van der Waals surface area (Å²) in [6.07, 6.45) is 3.66. The zero-order valence-corrected chi connectivity index (χ0v) is 12.1. The minimum absolute atomic E-state index is 0.267. The van der Waals surface area contributed by atoms with Crippen molar-refractivity contribution in [2.24, 2.45) is 0 Å². The quantitative estimate of drug-likeness (QED) is 0.759. The van der Waals surface area contributed by atoms with E-state index in [0.29, 0.717) is 0 Å². The van der Waals surface area contributed by atoms with Crippen molar-refractivity contribution < 1.29 is 0 Å². The molecule has 0 aliphatic rings. The van der Waals surface area contributed by atoms with Gasteiger partial charge in [0.25, 0.3) is 0 Å². The third-order valence-electron chi connectivity index (χ3n) is 3.29. The zero-order chi connectivity index (χ0) is 14.2. The molecule has 0 radical (unpaired) electrons. The third kappa shape index (κ3) is 4.40. The van der Waals surface area contributed by atoms with E-state index < -0.39 is 0 Å². The molecule has 4 nitrogen and oxygen atoms in total. The fraction of sp³-hybridized carbons (Fsp3) is 0.375. The first kappa shape index (κ1) is 14.6. The molecule has 0 spiro atoms. The molecule has 2 rings (SSSR count). The maximum Gasteiger partial charge on any atom is 0.0570 e. The van der Waals surface area contributed by atoms with Gasteiger partial charge in [0.2, 0.25) is 0 Å². The number of hydrogen-bond donors (Lipinski definition) is 2. The van der Waals surface area contributed by atoms with Crippen LogP contribution in [0.15, 0.2) is 48.8 Å². The molecular formula is C16H22N4. The Bertz CT molecular complexity index is 439. The summed E-state index contributed by atoms with van der Waals surface area (Å²) in [4.78, 5) is 8.69. The standard InChI is InChI=1S/C16H22N4/c1-13(15-7-3-5-9-19-15)17-11-12-18-14(2)16-8-4-6-10-20-16/h3-10,13-14,17-18H,11-12H2,1-2H3/t13-,14+. The third-order valence-corrected chi connectivity index (χ3v) is 3.29. The average Bonchev–Trinajstić information content (AvgIpc) is 2.53. The summed E-state index contributed by atoms with van der Waals surface area (Å²) in [5.41, 5.74) is 2.15. The minimum Gasteiger partial charge on any atom is -0.308 e. The Kier molecular flexibility index (Phi) is 5.65. The van der Waals surface area contributed by atoms with Crippen molar-refractivity contribution >= 4 is 0 Å². The van der Waals surface area contributed by atoms with E-state index in [1.165, 1.54) is 0 Å². The Balaban J connectivity index is 1.69. The first-order valence-electron chi connectivity index (χ1n) is 7.06. The molecular weight excluding hydrogens is 248 g/mol.